The highest BCUT2D eigenvalue weighted by molar-refractivity contribution is 7.89. The first kappa shape index (κ1) is 19.6. The highest BCUT2D eigenvalue weighted by atomic mass is 35.5. The molecule has 0 aliphatic carbocycles. The molecule has 0 amide bonds. The predicted octanol–water partition coefficient (Wildman–Crippen LogP) is 3.59. The molecule has 7 heteroatoms. The summed E-state index contributed by atoms with van der Waals surface area (Å²) in [6.45, 7) is 2.62. The Labute approximate surface area is 155 Å². The fourth-order valence-corrected chi connectivity index (χ4v) is 4.48. The van der Waals surface area contributed by atoms with Gasteiger partial charge in [-0.3, -0.25) is 0 Å². The number of nitrogens with two attached hydrogens (primary N) is 1. The Balaban J connectivity index is 2.44. The summed E-state index contributed by atoms with van der Waals surface area (Å²) in [5.74, 6) is 0. The van der Waals surface area contributed by atoms with E-state index < -0.39 is 10.0 Å². The standard InChI is InChI=1S/C18H24ClN3O2S/c1-4-10-22(25(23,24)17-7-5-6-15(19)12-17)13-14-11-16(20)8-9-18(14)21(2)3/h5-9,11-12H,4,10,13,20H2,1-3H3. The monoisotopic (exact) mass is 381 g/mol. The molecule has 136 valence electrons. The third kappa shape index (κ3) is 4.66. The molecular weight excluding hydrogens is 358 g/mol. The van der Waals surface area contributed by atoms with Crippen molar-refractivity contribution in [3.8, 4) is 0 Å². The maximum absolute atomic E-state index is 13.1. The molecule has 2 aromatic carbocycles. The minimum Gasteiger partial charge on any atom is -0.399 e. The number of rotatable bonds is 7. The lowest BCUT2D eigenvalue weighted by Crippen LogP contribution is -2.32. The summed E-state index contributed by atoms with van der Waals surface area (Å²) < 4.78 is 27.6. The van der Waals surface area contributed by atoms with E-state index in [1.165, 1.54) is 10.4 Å². The number of halogens is 1. The first-order chi connectivity index (χ1) is 11.8. The Kier molecular flexibility index (Phi) is 6.32. The summed E-state index contributed by atoms with van der Waals surface area (Å²) in [6.07, 6.45) is 0.708. The molecule has 0 saturated carbocycles. The van der Waals surface area contributed by atoms with Gasteiger partial charge in [0.2, 0.25) is 10.0 Å². The molecule has 25 heavy (non-hydrogen) atoms. The van der Waals surface area contributed by atoms with Crippen LogP contribution in [0, 0.1) is 0 Å². The van der Waals surface area contributed by atoms with Gasteiger partial charge in [-0.05, 0) is 48.4 Å². The zero-order chi connectivity index (χ0) is 18.6. The normalized spacial score (nSPS) is 11.7. The Morgan fingerprint density at radius 1 is 1.12 bits per heavy atom. The number of benzene rings is 2. The summed E-state index contributed by atoms with van der Waals surface area (Å²) in [5.41, 5.74) is 8.33. The molecule has 0 unspecified atom stereocenters. The second-order valence-electron chi connectivity index (χ2n) is 6.08. The van der Waals surface area contributed by atoms with Gasteiger partial charge in [-0.15, -0.1) is 0 Å². The molecule has 0 bridgehead atoms. The van der Waals surface area contributed by atoms with Gasteiger partial charge in [0.05, 0.1) is 4.90 Å². The lowest BCUT2D eigenvalue weighted by molar-refractivity contribution is 0.406. The molecule has 0 radical (unpaired) electrons. The average Bonchev–Trinajstić information content (AvgIpc) is 2.54. The van der Waals surface area contributed by atoms with Crippen LogP contribution < -0.4 is 10.6 Å². The van der Waals surface area contributed by atoms with Crippen molar-refractivity contribution >= 4 is 33.0 Å². The van der Waals surface area contributed by atoms with E-state index in [2.05, 4.69) is 0 Å². The van der Waals surface area contributed by atoms with Gasteiger partial charge >= 0.3 is 0 Å². The van der Waals surface area contributed by atoms with Crippen molar-refractivity contribution in [2.45, 2.75) is 24.8 Å². The first-order valence-electron chi connectivity index (χ1n) is 8.07. The highest BCUT2D eigenvalue weighted by Crippen LogP contribution is 2.27. The molecule has 2 aromatic rings. The van der Waals surface area contributed by atoms with Crippen LogP contribution in [0.5, 0.6) is 0 Å². The molecular formula is C18H24ClN3O2S. The van der Waals surface area contributed by atoms with Crippen molar-refractivity contribution in [1.82, 2.24) is 4.31 Å². The summed E-state index contributed by atoms with van der Waals surface area (Å²) in [6, 6.07) is 11.9. The quantitative estimate of drug-likeness (QED) is 0.744. The molecule has 5 nitrogen and oxygen atoms in total. The number of hydrogen-bond donors (Lipinski definition) is 1. The molecule has 0 aliphatic heterocycles. The van der Waals surface area contributed by atoms with Gasteiger partial charge in [0.25, 0.3) is 0 Å². The maximum atomic E-state index is 13.1. The van der Waals surface area contributed by atoms with Crippen molar-refractivity contribution in [2.24, 2.45) is 0 Å². The SMILES string of the molecule is CCCN(Cc1cc(N)ccc1N(C)C)S(=O)(=O)c1cccc(Cl)c1. The van der Waals surface area contributed by atoms with Crippen molar-refractivity contribution in [2.75, 3.05) is 31.3 Å². The first-order valence-corrected chi connectivity index (χ1v) is 9.89. The Hall–Kier alpha value is -1.76. The number of nitrogen functional groups attached to an aromatic ring is 1. The summed E-state index contributed by atoms with van der Waals surface area (Å²) in [7, 11) is 0.193. The van der Waals surface area contributed by atoms with Crippen LogP contribution >= 0.6 is 11.6 Å². The van der Waals surface area contributed by atoms with E-state index in [1.54, 1.807) is 18.2 Å². The molecule has 0 fully saturated rings. The molecule has 2 N–H and O–H groups in total. The van der Waals surface area contributed by atoms with Crippen LogP contribution in [0.2, 0.25) is 5.02 Å². The Morgan fingerprint density at radius 2 is 1.84 bits per heavy atom. The van der Waals surface area contributed by atoms with Crippen LogP contribution in [0.4, 0.5) is 11.4 Å². The van der Waals surface area contributed by atoms with E-state index in [0.29, 0.717) is 23.7 Å². The van der Waals surface area contributed by atoms with Gasteiger partial charge in [0.1, 0.15) is 0 Å². The average molecular weight is 382 g/mol. The Bertz CT molecular complexity index is 838. The largest absolute Gasteiger partial charge is 0.399 e. The zero-order valence-corrected chi connectivity index (χ0v) is 16.3. The fourth-order valence-electron chi connectivity index (χ4n) is 2.67. The third-order valence-corrected chi connectivity index (χ3v) is 5.92. The fraction of sp³-hybridized carbons (Fsp3) is 0.333. The Morgan fingerprint density at radius 3 is 2.44 bits per heavy atom. The molecule has 0 aromatic heterocycles. The van der Waals surface area contributed by atoms with E-state index in [0.717, 1.165) is 11.3 Å². The topological polar surface area (TPSA) is 66.6 Å². The van der Waals surface area contributed by atoms with Crippen molar-refractivity contribution in [1.29, 1.82) is 0 Å². The second kappa shape index (κ2) is 8.08. The van der Waals surface area contributed by atoms with Crippen LogP contribution in [-0.4, -0.2) is 33.4 Å². The van der Waals surface area contributed by atoms with E-state index in [9.17, 15) is 8.42 Å². The lowest BCUT2D eigenvalue weighted by Gasteiger charge is -2.25. The summed E-state index contributed by atoms with van der Waals surface area (Å²) in [5, 5.41) is 0.399. The van der Waals surface area contributed by atoms with Crippen molar-refractivity contribution in [3.63, 3.8) is 0 Å². The number of anilines is 2. The highest BCUT2D eigenvalue weighted by Gasteiger charge is 2.25. The molecule has 0 saturated heterocycles. The van der Waals surface area contributed by atoms with Crippen LogP contribution in [-0.2, 0) is 16.6 Å². The van der Waals surface area contributed by atoms with Crippen LogP contribution in [0.15, 0.2) is 47.4 Å². The van der Waals surface area contributed by atoms with E-state index >= 15 is 0 Å². The summed E-state index contributed by atoms with van der Waals surface area (Å²) in [4.78, 5) is 2.15. The van der Waals surface area contributed by atoms with Crippen molar-refractivity contribution in [3.05, 3.63) is 53.1 Å². The number of sulfonamides is 1. The van der Waals surface area contributed by atoms with Gasteiger partial charge in [-0.2, -0.15) is 4.31 Å². The molecule has 0 aliphatic rings. The molecule has 2 rings (SSSR count). The smallest absolute Gasteiger partial charge is 0.243 e. The van der Waals surface area contributed by atoms with E-state index in [-0.39, 0.29) is 11.4 Å². The van der Waals surface area contributed by atoms with Crippen molar-refractivity contribution < 1.29 is 8.42 Å². The minimum atomic E-state index is -3.65. The predicted molar refractivity (Wildman–Crippen MR) is 105 cm³/mol. The van der Waals surface area contributed by atoms with Gasteiger partial charge in [0.15, 0.2) is 0 Å². The number of nitrogens with zero attached hydrogens (tertiary/aromatic N) is 2. The van der Waals surface area contributed by atoms with Crippen LogP contribution in [0.25, 0.3) is 0 Å². The lowest BCUT2D eigenvalue weighted by atomic mass is 10.1. The minimum absolute atomic E-state index is 0.198. The van der Waals surface area contributed by atoms with Gasteiger partial charge < -0.3 is 10.6 Å². The molecule has 0 heterocycles. The van der Waals surface area contributed by atoms with Crippen LogP contribution in [0.3, 0.4) is 0 Å². The van der Waals surface area contributed by atoms with E-state index in [1.807, 2.05) is 44.1 Å². The van der Waals surface area contributed by atoms with Gasteiger partial charge in [-0.1, -0.05) is 24.6 Å². The molecule has 0 spiro atoms. The third-order valence-electron chi connectivity index (χ3n) is 3.84. The van der Waals surface area contributed by atoms with Gasteiger partial charge in [0, 0.05) is 43.6 Å². The number of hydrogen-bond acceptors (Lipinski definition) is 4. The second-order valence-corrected chi connectivity index (χ2v) is 8.45. The van der Waals surface area contributed by atoms with E-state index in [4.69, 9.17) is 17.3 Å². The molecule has 0 atom stereocenters. The van der Waals surface area contributed by atoms with Gasteiger partial charge in [-0.25, -0.2) is 8.42 Å². The maximum Gasteiger partial charge on any atom is 0.243 e. The van der Waals surface area contributed by atoms with Crippen LogP contribution in [0.1, 0.15) is 18.9 Å². The summed E-state index contributed by atoms with van der Waals surface area (Å²) >= 11 is 5.97. The zero-order valence-electron chi connectivity index (χ0n) is 14.7.